The first kappa shape index (κ1) is 20.4. The van der Waals surface area contributed by atoms with E-state index in [1.54, 1.807) is 23.5 Å². The molecule has 5 nitrogen and oxygen atoms in total. The van der Waals surface area contributed by atoms with E-state index in [2.05, 4.69) is 42.9 Å². The summed E-state index contributed by atoms with van der Waals surface area (Å²) in [6.07, 6.45) is 0. The minimum atomic E-state index is -0.0564. The van der Waals surface area contributed by atoms with Gasteiger partial charge in [-0.25, -0.2) is 4.98 Å². The molecule has 2 aromatic rings. The number of benzene rings is 1. The van der Waals surface area contributed by atoms with E-state index in [0.29, 0.717) is 30.8 Å². The van der Waals surface area contributed by atoms with Crippen molar-refractivity contribution in [3.05, 3.63) is 45.9 Å². The van der Waals surface area contributed by atoms with E-state index in [1.165, 1.54) is 0 Å². The molecule has 1 heterocycles. The number of carbonyl (C=O) groups excluding carboxylic acids is 1. The van der Waals surface area contributed by atoms with Crippen LogP contribution in [0.2, 0.25) is 0 Å². The Balaban J connectivity index is 1.80. The molecule has 6 heteroatoms. The molecule has 2 rings (SSSR count). The lowest BCUT2D eigenvalue weighted by Crippen LogP contribution is -2.42. The maximum Gasteiger partial charge on any atom is 0.251 e. The molecule has 0 saturated carbocycles. The fourth-order valence-electron chi connectivity index (χ4n) is 2.85. The summed E-state index contributed by atoms with van der Waals surface area (Å²) in [5.41, 5.74) is 1.57. The minimum absolute atomic E-state index is 0.0564. The van der Waals surface area contributed by atoms with E-state index in [1.807, 2.05) is 24.4 Å². The molecule has 0 aliphatic rings. The Hall–Kier alpha value is -1.92. The Morgan fingerprint density at radius 1 is 1.19 bits per heavy atom. The molecule has 0 radical (unpaired) electrons. The quantitative estimate of drug-likeness (QED) is 0.723. The highest BCUT2D eigenvalue weighted by Crippen LogP contribution is 2.15. The lowest BCUT2D eigenvalue weighted by Gasteiger charge is -2.30. The molecule has 1 amide bonds. The van der Waals surface area contributed by atoms with Crippen LogP contribution < -0.4 is 10.1 Å². The van der Waals surface area contributed by atoms with E-state index in [-0.39, 0.29) is 5.91 Å². The summed E-state index contributed by atoms with van der Waals surface area (Å²) in [6.45, 7) is 12.6. The van der Waals surface area contributed by atoms with E-state index in [0.717, 1.165) is 23.0 Å². The van der Waals surface area contributed by atoms with Crippen molar-refractivity contribution >= 4 is 17.2 Å². The third-order valence-corrected chi connectivity index (χ3v) is 4.97. The monoisotopic (exact) mass is 375 g/mol. The molecule has 1 N–H and O–H groups in total. The van der Waals surface area contributed by atoms with Crippen LogP contribution in [0.4, 0.5) is 0 Å². The summed E-state index contributed by atoms with van der Waals surface area (Å²) in [5, 5.41) is 6.02. The molecular formula is C20H29N3O2S. The number of aryl methyl sites for hydroxylation is 1. The zero-order valence-corrected chi connectivity index (χ0v) is 17.1. The summed E-state index contributed by atoms with van der Waals surface area (Å²) in [5.74, 6) is 0.678. The van der Waals surface area contributed by atoms with E-state index < -0.39 is 0 Å². The molecule has 1 aromatic heterocycles. The number of thiazole rings is 1. The maximum absolute atomic E-state index is 12.3. The van der Waals surface area contributed by atoms with Crippen LogP contribution in [0.3, 0.4) is 0 Å². The third-order valence-electron chi connectivity index (χ3n) is 4.15. The van der Waals surface area contributed by atoms with E-state index in [4.69, 9.17) is 4.74 Å². The fourth-order valence-corrected chi connectivity index (χ4v) is 3.44. The highest BCUT2D eigenvalue weighted by atomic mass is 32.1. The van der Waals surface area contributed by atoms with Crippen molar-refractivity contribution in [3.63, 3.8) is 0 Å². The fraction of sp³-hybridized carbons (Fsp3) is 0.500. The second-order valence-electron chi connectivity index (χ2n) is 6.85. The Bertz CT molecular complexity index is 687. The van der Waals surface area contributed by atoms with Gasteiger partial charge in [0.25, 0.3) is 5.91 Å². The molecule has 0 saturated heterocycles. The Morgan fingerprint density at radius 2 is 1.85 bits per heavy atom. The number of rotatable bonds is 9. The van der Waals surface area contributed by atoms with Crippen molar-refractivity contribution in [2.24, 2.45) is 0 Å². The normalized spacial score (nSPS) is 11.4. The molecule has 0 unspecified atom stereocenters. The SMILES string of the molecule is Cc1nc(COc2ccc(C(=O)NCCN(C(C)C)C(C)C)cc2)cs1. The summed E-state index contributed by atoms with van der Waals surface area (Å²) >= 11 is 1.61. The summed E-state index contributed by atoms with van der Waals surface area (Å²) in [7, 11) is 0. The standard InChI is InChI=1S/C20H29N3O2S/c1-14(2)23(15(3)4)11-10-21-20(24)17-6-8-19(9-7-17)25-12-18-13-26-16(5)22-18/h6-9,13-15H,10-12H2,1-5H3,(H,21,24). The molecule has 26 heavy (non-hydrogen) atoms. The van der Waals surface area contributed by atoms with Crippen LogP contribution in [0.15, 0.2) is 29.6 Å². The molecule has 142 valence electrons. The smallest absolute Gasteiger partial charge is 0.251 e. The number of ether oxygens (including phenoxy) is 1. The zero-order valence-electron chi connectivity index (χ0n) is 16.3. The molecule has 0 spiro atoms. The van der Waals surface area contributed by atoms with E-state index in [9.17, 15) is 4.79 Å². The first-order valence-corrected chi connectivity index (χ1v) is 9.92. The van der Waals surface area contributed by atoms with Crippen molar-refractivity contribution in [2.75, 3.05) is 13.1 Å². The van der Waals surface area contributed by atoms with E-state index >= 15 is 0 Å². The maximum atomic E-state index is 12.3. The number of aromatic nitrogens is 1. The van der Waals surface area contributed by atoms with Gasteiger partial charge in [0.05, 0.1) is 10.7 Å². The second-order valence-corrected chi connectivity index (χ2v) is 7.91. The molecular weight excluding hydrogens is 346 g/mol. The Morgan fingerprint density at radius 3 is 2.38 bits per heavy atom. The van der Waals surface area contributed by atoms with Gasteiger partial charge >= 0.3 is 0 Å². The second kappa shape index (κ2) is 9.69. The van der Waals surface area contributed by atoms with Crippen LogP contribution in [0.1, 0.15) is 48.8 Å². The largest absolute Gasteiger partial charge is 0.487 e. The van der Waals surface area contributed by atoms with Crippen molar-refractivity contribution in [2.45, 2.75) is 53.3 Å². The summed E-state index contributed by atoms with van der Waals surface area (Å²) in [4.78, 5) is 19.0. The van der Waals surface area contributed by atoms with Crippen LogP contribution in [0.5, 0.6) is 5.75 Å². The van der Waals surface area contributed by atoms with Gasteiger partial charge in [-0.05, 0) is 58.9 Å². The van der Waals surface area contributed by atoms with Crippen molar-refractivity contribution in [1.29, 1.82) is 0 Å². The first-order valence-electron chi connectivity index (χ1n) is 9.04. The van der Waals surface area contributed by atoms with Crippen LogP contribution >= 0.6 is 11.3 Å². The van der Waals surface area contributed by atoms with Crippen LogP contribution in [-0.2, 0) is 6.61 Å². The van der Waals surface area contributed by atoms with Crippen molar-refractivity contribution < 1.29 is 9.53 Å². The van der Waals surface area contributed by atoms with Gasteiger partial charge in [0.1, 0.15) is 12.4 Å². The van der Waals surface area contributed by atoms with Gasteiger partial charge in [0.2, 0.25) is 0 Å². The number of nitrogens with one attached hydrogen (secondary N) is 1. The van der Waals surface area contributed by atoms with Gasteiger partial charge in [0.15, 0.2) is 0 Å². The van der Waals surface area contributed by atoms with Crippen LogP contribution in [0, 0.1) is 6.92 Å². The van der Waals surface area contributed by atoms with Crippen LogP contribution in [-0.4, -0.2) is 41.0 Å². The minimum Gasteiger partial charge on any atom is -0.487 e. The highest BCUT2D eigenvalue weighted by Gasteiger charge is 2.13. The van der Waals surface area contributed by atoms with Gasteiger partial charge in [-0.3, -0.25) is 9.69 Å². The Kier molecular flexibility index (Phi) is 7.60. The number of carbonyl (C=O) groups is 1. The lowest BCUT2D eigenvalue weighted by molar-refractivity contribution is 0.0939. The first-order chi connectivity index (χ1) is 12.4. The summed E-state index contributed by atoms with van der Waals surface area (Å²) in [6, 6.07) is 8.15. The van der Waals surface area contributed by atoms with Gasteiger partial charge in [-0.1, -0.05) is 0 Å². The highest BCUT2D eigenvalue weighted by molar-refractivity contribution is 7.09. The molecule has 1 aromatic carbocycles. The average Bonchev–Trinajstić information content (AvgIpc) is 3.02. The summed E-state index contributed by atoms with van der Waals surface area (Å²) < 4.78 is 5.71. The number of nitrogens with zero attached hydrogens (tertiary/aromatic N) is 2. The molecule has 0 aliphatic heterocycles. The number of hydrogen-bond acceptors (Lipinski definition) is 5. The van der Waals surface area contributed by atoms with Gasteiger partial charge in [0, 0.05) is 36.1 Å². The number of hydrogen-bond donors (Lipinski definition) is 1. The molecule has 0 aliphatic carbocycles. The van der Waals surface area contributed by atoms with Gasteiger partial charge in [-0.2, -0.15) is 0 Å². The zero-order chi connectivity index (χ0) is 19.1. The Labute approximate surface area is 160 Å². The third kappa shape index (κ3) is 6.11. The van der Waals surface area contributed by atoms with Crippen molar-refractivity contribution in [1.82, 2.24) is 15.2 Å². The average molecular weight is 376 g/mol. The van der Waals surface area contributed by atoms with Crippen LogP contribution in [0.25, 0.3) is 0 Å². The van der Waals surface area contributed by atoms with Gasteiger partial charge in [-0.15, -0.1) is 11.3 Å². The van der Waals surface area contributed by atoms with Crippen molar-refractivity contribution in [3.8, 4) is 5.75 Å². The molecule has 0 bridgehead atoms. The number of amides is 1. The lowest BCUT2D eigenvalue weighted by atomic mass is 10.2. The topological polar surface area (TPSA) is 54.5 Å². The molecule has 0 fully saturated rings. The molecule has 0 atom stereocenters. The van der Waals surface area contributed by atoms with Gasteiger partial charge < -0.3 is 10.1 Å². The predicted molar refractivity (Wildman–Crippen MR) is 107 cm³/mol. The predicted octanol–water partition coefficient (Wildman–Crippen LogP) is 3.88.